The molecule has 0 bridgehead atoms. The summed E-state index contributed by atoms with van der Waals surface area (Å²) in [7, 11) is 0. The lowest BCUT2D eigenvalue weighted by Gasteiger charge is -2.07. The van der Waals surface area contributed by atoms with Crippen molar-refractivity contribution in [1.82, 2.24) is 10.1 Å². The van der Waals surface area contributed by atoms with E-state index in [4.69, 9.17) is 19.7 Å². The lowest BCUT2D eigenvalue weighted by Crippen LogP contribution is -2.19. The first-order valence-electron chi connectivity index (χ1n) is 9.40. The van der Waals surface area contributed by atoms with E-state index in [9.17, 15) is 4.79 Å². The number of benzene rings is 3. The van der Waals surface area contributed by atoms with Gasteiger partial charge in [-0.3, -0.25) is 4.79 Å². The second-order valence-corrected chi connectivity index (χ2v) is 7.56. The van der Waals surface area contributed by atoms with Crippen LogP contribution in [0.1, 0.15) is 5.56 Å². The number of ether oxygens (including phenoxy) is 2. The van der Waals surface area contributed by atoms with Crippen molar-refractivity contribution >= 4 is 21.8 Å². The maximum absolute atomic E-state index is 10.8. The standard InChI is InChI=1S/C23H18BrN3O4/c24-18-6-10-20(11-7-18)29-13-15-2-1-3-17(12-15)23-26-22(27-31-23)16-4-8-19(9-5-16)30-14-21(25)28/h1-12H,13-14H2,(H2,25,28). The van der Waals surface area contributed by atoms with Crippen LogP contribution in [-0.2, 0) is 11.4 Å². The number of nitrogens with two attached hydrogens (primary N) is 1. The number of hydrogen-bond acceptors (Lipinski definition) is 6. The number of rotatable bonds is 8. The summed E-state index contributed by atoms with van der Waals surface area (Å²) in [6.45, 7) is 0.247. The number of primary amides is 1. The van der Waals surface area contributed by atoms with Gasteiger partial charge in [0.05, 0.1) is 0 Å². The Labute approximate surface area is 186 Å². The Morgan fingerprint density at radius 1 is 0.935 bits per heavy atom. The molecule has 0 atom stereocenters. The number of carbonyl (C=O) groups excluding carboxylic acids is 1. The number of amides is 1. The van der Waals surface area contributed by atoms with Crippen LogP contribution < -0.4 is 15.2 Å². The fourth-order valence-electron chi connectivity index (χ4n) is 2.80. The molecule has 1 aromatic heterocycles. The highest BCUT2D eigenvalue weighted by Gasteiger charge is 2.12. The topological polar surface area (TPSA) is 100 Å². The lowest BCUT2D eigenvalue weighted by molar-refractivity contribution is -0.119. The molecule has 0 fully saturated rings. The van der Waals surface area contributed by atoms with Crippen LogP contribution in [0.4, 0.5) is 0 Å². The molecule has 4 rings (SSSR count). The van der Waals surface area contributed by atoms with Gasteiger partial charge in [0, 0.05) is 15.6 Å². The van der Waals surface area contributed by atoms with Crippen molar-refractivity contribution in [2.45, 2.75) is 6.61 Å². The fraction of sp³-hybridized carbons (Fsp3) is 0.0870. The predicted octanol–water partition coefficient (Wildman–Crippen LogP) is 4.61. The van der Waals surface area contributed by atoms with Crippen molar-refractivity contribution in [1.29, 1.82) is 0 Å². The summed E-state index contributed by atoms with van der Waals surface area (Å²) in [6, 6.07) is 22.4. The Morgan fingerprint density at radius 2 is 1.65 bits per heavy atom. The quantitative estimate of drug-likeness (QED) is 0.396. The van der Waals surface area contributed by atoms with Crippen LogP contribution in [0.3, 0.4) is 0 Å². The first-order chi connectivity index (χ1) is 15.1. The summed E-state index contributed by atoms with van der Waals surface area (Å²) in [5, 5.41) is 4.06. The zero-order chi connectivity index (χ0) is 21.6. The molecule has 0 aliphatic heterocycles. The van der Waals surface area contributed by atoms with Gasteiger partial charge in [-0.25, -0.2) is 0 Å². The van der Waals surface area contributed by atoms with Gasteiger partial charge in [-0.2, -0.15) is 4.98 Å². The van der Waals surface area contributed by atoms with Crippen LogP contribution in [0, 0.1) is 0 Å². The van der Waals surface area contributed by atoms with Crippen molar-refractivity contribution in [2.75, 3.05) is 6.61 Å². The molecule has 0 saturated heterocycles. The van der Waals surface area contributed by atoms with Crippen molar-refractivity contribution in [3.05, 3.63) is 82.8 Å². The van der Waals surface area contributed by atoms with Gasteiger partial charge in [-0.15, -0.1) is 0 Å². The summed E-state index contributed by atoms with van der Waals surface area (Å²) in [4.78, 5) is 15.3. The molecule has 0 aliphatic rings. The Kier molecular flexibility index (Phi) is 6.28. The predicted molar refractivity (Wildman–Crippen MR) is 118 cm³/mol. The minimum atomic E-state index is -0.531. The van der Waals surface area contributed by atoms with E-state index in [0.717, 1.165) is 26.9 Å². The highest BCUT2D eigenvalue weighted by Crippen LogP contribution is 2.25. The van der Waals surface area contributed by atoms with E-state index in [-0.39, 0.29) is 6.61 Å². The molecule has 0 unspecified atom stereocenters. The average Bonchev–Trinajstić information content (AvgIpc) is 3.28. The number of halogens is 1. The monoisotopic (exact) mass is 479 g/mol. The van der Waals surface area contributed by atoms with Gasteiger partial charge in [-0.05, 0) is 66.2 Å². The molecule has 2 N–H and O–H groups in total. The third-order valence-corrected chi connectivity index (χ3v) is 4.84. The smallest absolute Gasteiger partial charge is 0.258 e. The van der Waals surface area contributed by atoms with Gasteiger partial charge in [0.15, 0.2) is 6.61 Å². The van der Waals surface area contributed by atoms with E-state index in [0.29, 0.717) is 24.1 Å². The van der Waals surface area contributed by atoms with Gasteiger partial charge >= 0.3 is 0 Å². The van der Waals surface area contributed by atoms with E-state index in [1.165, 1.54) is 0 Å². The Bertz CT molecular complexity index is 1170. The summed E-state index contributed by atoms with van der Waals surface area (Å²) < 4.78 is 17.5. The van der Waals surface area contributed by atoms with Crippen LogP contribution in [0.25, 0.3) is 22.8 Å². The minimum Gasteiger partial charge on any atom is -0.489 e. The van der Waals surface area contributed by atoms with Gasteiger partial charge in [0.2, 0.25) is 5.82 Å². The highest BCUT2D eigenvalue weighted by atomic mass is 79.9. The fourth-order valence-corrected chi connectivity index (χ4v) is 3.07. The van der Waals surface area contributed by atoms with E-state index in [1.807, 2.05) is 48.5 Å². The molecule has 0 saturated carbocycles. The van der Waals surface area contributed by atoms with Crippen LogP contribution in [-0.4, -0.2) is 22.7 Å². The van der Waals surface area contributed by atoms with Crippen LogP contribution >= 0.6 is 15.9 Å². The number of hydrogen-bond donors (Lipinski definition) is 1. The molecular weight excluding hydrogens is 462 g/mol. The SMILES string of the molecule is NC(=O)COc1ccc(-c2noc(-c3cccc(COc4ccc(Br)cc4)c3)n2)cc1. The molecule has 0 radical (unpaired) electrons. The average molecular weight is 480 g/mol. The first-order valence-corrected chi connectivity index (χ1v) is 10.2. The maximum atomic E-state index is 10.8. The molecule has 31 heavy (non-hydrogen) atoms. The molecule has 8 heteroatoms. The van der Waals surface area contributed by atoms with Crippen molar-refractivity contribution in [3.8, 4) is 34.3 Å². The largest absolute Gasteiger partial charge is 0.489 e. The highest BCUT2D eigenvalue weighted by molar-refractivity contribution is 9.10. The molecule has 0 aliphatic carbocycles. The van der Waals surface area contributed by atoms with Crippen LogP contribution in [0.5, 0.6) is 11.5 Å². The number of carbonyl (C=O) groups is 1. The van der Waals surface area contributed by atoms with E-state index in [2.05, 4.69) is 26.1 Å². The van der Waals surface area contributed by atoms with E-state index >= 15 is 0 Å². The van der Waals surface area contributed by atoms with Gasteiger partial charge in [-0.1, -0.05) is 33.2 Å². The van der Waals surface area contributed by atoms with E-state index < -0.39 is 5.91 Å². The summed E-state index contributed by atoms with van der Waals surface area (Å²) in [6.07, 6.45) is 0. The minimum absolute atomic E-state index is 0.173. The number of aromatic nitrogens is 2. The van der Waals surface area contributed by atoms with Crippen molar-refractivity contribution in [2.24, 2.45) is 5.73 Å². The molecular formula is C23H18BrN3O4. The van der Waals surface area contributed by atoms with E-state index in [1.54, 1.807) is 24.3 Å². The molecule has 4 aromatic rings. The second kappa shape index (κ2) is 9.44. The second-order valence-electron chi connectivity index (χ2n) is 6.65. The molecule has 7 nitrogen and oxygen atoms in total. The van der Waals surface area contributed by atoms with Gasteiger partial charge < -0.3 is 19.7 Å². The van der Waals surface area contributed by atoms with Crippen molar-refractivity contribution in [3.63, 3.8) is 0 Å². The molecule has 1 amide bonds. The summed E-state index contributed by atoms with van der Waals surface area (Å²) >= 11 is 3.41. The zero-order valence-corrected chi connectivity index (χ0v) is 17.9. The summed E-state index contributed by atoms with van der Waals surface area (Å²) in [5.41, 5.74) is 7.62. The van der Waals surface area contributed by atoms with Crippen LogP contribution in [0.2, 0.25) is 0 Å². The zero-order valence-electron chi connectivity index (χ0n) is 16.3. The first kappa shape index (κ1) is 20.6. The number of nitrogens with zero attached hydrogens (tertiary/aromatic N) is 2. The Morgan fingerprint density at radius 3 is 2.39 bits per heavy atom. The lowest BCUT2D eigenvalue weighted by atomic mass is 10.1. The Hall–Kier alpha value is -3.65. The van der Waals surface area contributed by atoms with Crippen molar-refractivity contribution < 1.29 is 18.8 Å². The third kappa shape index (κ3) is 5.49. The Balaban J connectivity index is 1.44. The molecule has 156 valence electrons. The maximum Gasteiger partial charge on any atom is 0.258 e. The van der Waals surface area contributed by atoms with Gasteiger partial charge in [0.1, 0.15) is 18.1 Å². The molecule has 0 spiro atoms. The summed E-state index contributed by atoms with van der Waals surface area (Å²) in [5.74, 6) is 1.65. The molecule has 1 heterocycles. The third-order valence-electron chi connectivity index (χ3n) is 4.31. The molecule has 3 aromatic carbocycles. The normalized spacial score (nSPS) is 10.6. The van der Waals surface area contributed by atoms with Crippen LogP contribution in [0.15, 0.2) is 81.8 Å². The van der Waals surface area contributed by atoms with Gasteiger partial charge in [0.25, 0.3) is 11.8 Å².